The predicted octanol–water partition coefficient (Wildman–Crippen LogP) is 2.55. The normalized spacial score (nSPS) is 10.1. The van der Waals surface area contributed by atoms with Crippen molar-refractivity contribution in [1.82, 2.24) is 4.98 Å². The Bertz CT molecular complexity index is 448. The average Bonchev–Trinajstić information content (AvgIpc) is 2.30. The molecule has 16 heavy (non-hydrogen) atoms. The minimum absolute atomic E-state index is 0.489. The van der Waals surface area contributed by atoms with Crippen molar-refractivity contribution in [3.05, 3.63) is 53.9 Å². The number of ether oxygens (including phenoxy) is 1. The topological polar surface area (TPSA) is 48.1 Å². The first-order chi connectivity index (χ1) is 7.77. The summed E-state index contributed by atoms with van der Waals surface area (Å²) in [7, 11) is 0. The summed E-state index contributed by atoms with van der Waals surface area (Å²) in [6, 6.07) is 9.60. The summed E-state index contributed by atoms with van der Waals surface area (Å²) in [6.45, 7) is 2.47. The number of nitrogens with two attached hydrogens (primary N) is 1. The molecular weight excluding hydrogens is 200 g/mol. The monoisotopic (exact) mass is 214 g/mol. The minimum atomic E-state index is 0.489. The van der Waals surface area contributed by atoms with Gasteiger partial charge in [-0.1, -0.05) is 18.2 Å². The number of nitrogen functional groups attached to an aromatic ring is 1. The molecule has 0 spiro atoms. The molecular formula is C13H14N2O. The van der Waals surface area contributed by atoms with Gasteiger partial charge in [-0.3, -0.25) is 4.98 Å². The molecule has 0 atom stereocenters. The van der Waals surface area contributed by atoms with Gasteiger partial charge in [0.25, 0.3) is 0 Å². The number of pyridine rings is 1. The number of para-hydroxylation sites is 1. The van der Waals surface area contributed by atoms with Crippen LogP contribution in [0.25, 0.3) is 0 Å². The molecule has 2 rings (SSSR count). The van der Waals surface area contributed by atoms with Crippen molar-refractivity contribution in [2.24, 2.45) is 0 Å². The Morgan fingerprint density at radius 2 is 2.12 bits per heavy atom. The molecule has 1 heterocycles. The Morgan fingerprint density at radius 1 is 1.25 bits per heavy atom. The van der Waals surface area contributed by atoms with E-state index in [1.165, 1.54) is 0 Å². The zero-order chi connectivity index (χ0) is 11.4. The highest BCUT2D eigenvalue weighted by Gasteiger charge is 2.03. The summed E-state index contributed by atoms with van der Waals surface area (Å²) >= 11 is 0. The van der Waals surface area contributed by atoms with Crippen LogP contribution in [0.1, 0.15) is 11.1 Å². The van der Waals surface area contributed by atoms with Gasteiger partial charge in [0, 0.05) is 18.0 Å². The van der Waals surface area contributed by atoms with E-state index >= 15 is 0 Å². The van der Waals surface area contributed by atoms with E-state index < -0.39 is 0 Å². The Morgan fingerprint density at radius 3 is 2.81 bits per heavy atom. The predicted molar refractivity (Wildman–Crippen MR) is 64.2 cm³/mol. The molecule has 0 bridgehead atoms. The summed E-state index contributed by atoms with van der Waals surface area (Å²) in [6.07, 6.45) is 3.53. The van der Waals surface area contributed by atoms with E-state index in [2.05, 4.69) is 4.98 Å². The lowest BCUT2D eigenvalue weighted by molar-refractivity contribution is 0.305. The van der Waals surface area contributed by atoms with Gasteiger partial charge in [0.2, 0.25) is 0 Å². The van der Waals surface area contributed by atoms with Crippen LogP contribution < -0.4 is 10.5 Å². The standard InChI is InChI=1S/C13H14N2O/c1-10-4-2-6-12(14)13(10)16-9-11-5-3-7-15-8-11/h2-8H,9,14H2,1H3. The zero-order valence-electron chi connectivity index (χ0n) is 9.18. The molecule has 0 saturated heterocycles. The Labute approximate surface area is 94.9 Å². The van der Waals surface area contributed by atoms with Crippen molar-refractivity contribution in [3.63, 3.8) is 0 Å². The number of nitrogens with zero attached hydrogens (tertiary/aromatic N) is 1. The van der Waals surface area contributed by atoms with E-state index in [1.54, 1.807) is 12.4 Å². The van der Waals surface area contributed by atoms with Gasteiger partial charge in [-0.05, 0) is 24.6 Å². The van der Waals surface area contributed by atoms with E-state index in [4.69, 9.17) is 10.5 Å². The van der Waals surface area contributed by atoms with Gasteiger partial charge in [-0.25, -0.2) is 0 Å². The van der Waals surface area contributed by atoms with Gasteiger partial charge in [0.05, 0.1) is 5.69 Å². The molecule has 0 fully saturated rings. The first-order valence-electron chi connectivity index (χ1n) is 5.14. The molecule has 0 amide bonds. The Hall–Kier alpha value is -2.03. The van der Waals surface area contributed by atoms with Gasteiger partial charge in [-0.15, -0.1) is 0 Å². The maximum atomic E-state index is 5.84. The Balaban J connectivity index is 2.11. The van der Waals surface area contributed by atoms with E-state index in [0.29, 0.717) is 12.3 Å². The molecule has 0 radical (unpaired) electrons. The molecule has 1 aromatic carbocycles. The van der Waals surface area contributed by atoms with Crippen molar-refractivity contribution in [2.45, 2.75) is 13.5 Å². The van der Waals surface area contributed by atoms with Crippen LogP contribution in [-0.4, -0.2) is 4.98 Å². The second-order valence-corrected chi connectivity index (χ2v) is 3.64. The van der Waals surface area contributed by atoms with Crippen LogP contribution in [0.4, 0.5) is 5.69 Å². The van der Waals surface area contributed by atoms with E-state index in [9.17, 15) is 0 Å². The lowest BCUT2D eigenvalue weighted by atomic mass is 10.2. The second kappa shape index (κ2) is 4.66. The number of aryl methyl sites for hydroxylation is 1. The van der Waals surface area contributed by atoms with Crippen LogP contribution in [0.2, 0.25) is 0 Å². The van der Waals surface area contributed by atoms with Crippen LogP contribution >= 0.6 is 0 Å². The molecule has 0 aliphatic rings. The summed E-state index contributed by atoms with van der Waals surface area (Å²) in [5, 5.41) is 0. The van der Waals surface area contributed by atoms with Gasteiger partial charge < -0.3 is 10.5 Å². The zero-order valence-corrected chi connectivity index (χ0v) is 9.18. The molecule has 82 valence electrons. The third-order valence-corrected chi connectivity index (χ3v) is 2.35. The number of aromatic nitrogens is 1. The SMILES string of the molecule is Cc1cccc(N)c1OCc1cccnc1. The van der Waals surface area contributed by atoms with E-state index in [1.807, 2.05) is 37.3 Å². The smallest absolute Gasteiger partial charge is 0.145 e. The maximum Gasteiger partial charge on any atom is 0.145 e. The van der Waals surface area contributed by atoms with Crippen molar-refractivity contribution < 1.29 is 4.74 Å². The number of benzene rings is 1. The van der Waals surface area contributed by atoms with Crippen LogP contribution in [0.5, 0.6) is 5.75 Å². The van der Waals surface area contributed by atoms with Gasteiger partial charge in [0.15, 0.2) is 0 Å². The van der Waals surface area contributed by atoms with Gasteiger partial charge in [-0.2, -0.15) is 0 Å². The van der Waals surface area contributed by atoms with Gasteiger partial charge >= 0.3 is 0 Å². The van der Waals surface area contributed by atoms with E-state index in [0.717, 1.165) is 16.9 Å². The number of hydrogen-bond acceptors (Lipinski definition) is 3. The highest BCUT2D eigenvalue weighted by molar-refractivity contribution is 5.56. The molecule has 3 heteroatoms. The summed E-state index contributed by atoms with van der Waals surface area (Å²) < 4.78 is 5.69. The number of hydrogen-bond donors (Lipinski definition) is 1. The number of rotatable bonds is 3. The average molecular weight is 214 g/mol. The molecule has 0 saturated carbocycles. The largest absolute Gasteiger partial charge is 0.486 e. The van der Waals surface area contributed by atoms with Crippen molar-refractivity contribution >= 4 is 5.69 Å². The van der Waals surface area contributed by atoms with Gasteiger partial charge in [0.1, 0.15) is 12.4 Å². The first kappa shape index (κ1) is 10.5. The molecule has 2 aromatic rings. The van der Waals surface area contributed by atoms with Crippen LogP contribution in [-0.2, 0) is 6.61 Å². The third kappa shape index (κ3) is 2.31. The molecule has 0 aliphatic heterocycles. The van der Waals surface area contributed by atoms with Crippen molar-refractivity contribution in [2.75, 3.05) is 5.73 Å². The second-order valence-electron chi connectivity index (χ2n) is 3.64. The number of anilines is 1. The lowest BCUT2D eigenvalue weighted by Crippen LogP contribution is -2.00. The van der Waals surface area contributed by atoms with Crippen LogP contribution in [0, 0.1) is 6.92 Å². The molecule has 3 nitrogen and oxygen atoms in total. The van der Waals surface area contributed by atoms with E-state index in [-0.39, 0.29) is 0 Å². The summed E-state index contributed by atoms with van der Waals surface area (Å²) in [5.41, 5.74) is 8.59. The summed E-state index contributed by atoms with van der Waals surface area (Å²) in [5.74, 6) is 0.756. The highest BCUT2D eigenvalue weighted by Crippen LogP contribution is 2.26. The minimum Gasteiger partial charge on any atom is -0.486 e. The summed E-state index contributed by atoms with van der Waals surface area (Å²) in [4.78, 5) is 4.03. The Kier molecular flexibility index (Phi) is 3.05. The fourth-order valence-electron chi connectivity index (χ4n) is 1.51. The molecule has 0 aliphatic carbocycles. The van der Waals surface area contributed by atoms with Crippen molar-refractivity contribution in [3.8, 4) is 5.75 Å². The maximum absolute atomic E-state index is 5.84. The molecule has 1 aromatic heterocycles. The fourth-order valence-corrected chi connectivity index (χ4v) is 1.51. The third-order valence-electron chi connectivity index (χ3n) is 2.35. The quantitative estimate of drug-likeness (QED) is 0.799. The fraction of sp³-hybridized carbons (Fsp3) is 0.154. The first-order valence-corrected chi connectivity index (χ1v) is 5.14. The van der Waals surface area contributed by atoms with Crippen LogP contribution in [0.3, 0.4) is 0 Å². The lowest BCUT2D eigenvalue weighted by Gasteiger charge is -2.11. The molecule has 0 unspecified atom stereocenters. The van der Waals surface area contributed by atoms with Crippen molar-refractivity contribution in [1.29, 1.82) is 0 Å². The van der Waals surface area contributed by atoms with Crippen LogP contribution in [0.15, 0.2) is 42.7 Å². The molecule has 2 N–H and O–H groups in total. The highest BCUT2D eigenvalue weighted by atomic mass is 16.5.